The van der Waals surface area contributed by atoms with E-state index in [1.165, 1.54) is 0 Å². The fourth-order valence-corrected chi connectivity index (χ4v) is 1.81. The Morgan fingerprint density at radius 2 is 2.10 bits per heavy atom. The van der Waals surface area contributed by atoms with Crippen molar-refractivity contribution in [2.75, 3.05) is 27.3 Å². The molecule has 0 radical (unpaired) electrons. The van der Waals surface area contributed by atoms with Crippen LogP contribution >= 0.6 is 0 Å². The highest BCUT2D eigenvalue weighted by atomic mass is 16.5. The highest BCUT2D eigenvalue weighted by molar-refractivity contribution is 5.95. The van der Waals surface area contributed by atoms with Gasteiger partial charge in [0.2, 0.25) is 0 Å². The van der Waals surface area contributed by atoms with Crippen LogP contribution in [0.25, 0.3) is 0 Å². The maximum Gasteiger partial charge on any atom is 0.254 e. The van der Waals surface area contributed by atoms with Gasteiger partial charge in [0.05, 0.1) is 13.7 Å². The smallest absolute Gasteiger partial charge is 0.254 e. The van der Waals surface area contributed by atoms with E-state index >= 15 is 0 Å². The van der Waals surface area contributed by atoms with Gasteiger partial charge >= 0.3 is 0 Å². The third kappa shape index (κ3) is 4.63. The second-order valence-electron chi connectivity index (χ2n) is 5.07. The molecule has 0 bridgehead atoms. The number of nitrogens with two attached hydrogens (primary N) is 1. The average molecular weight is 294 g/mol. The van der Waals surface area contributed by atoms with Crippen molar-refractivity contribution < 1.29 is 14.3 Å². The molecule has 1 amide bonds. The zero-order valence-electron chi connectivity index (χ0n) is 13.4. The molecule has 1 unspecified atom stereocenters. The molecule has 0 fully saturated rings. The van der Waals surface area contributed by atoms with Crippen molar-refractivity contribution in [3.8, 4) is 11.5 Å². The first-order valence-electron chi connectivity index (χ1n) is 7.33. The summed E-state index contributed by atoms with van der Waals surface area (Å²) in [5.41, 5.74) is 6.17. The molecule has 0 aliphatic heterocycles. The molecular formula is C16H26N2O3. The number of unbranched alkanes of at least 4 members (excludes halogenated alkanes) is 1. The molecule has 1 atom stereocenters. The molecular weight excluding hydrogens is 268 g/mol. The van der Waals surface area contributed by atoms with Crippen LogP contribution in [0.3, 0.4) is 0 Å². The second-order valence-corrected chi connectivity index (χ2v) is 5.07. The van der Waals surface area contributed by atoms with Crippen LogP contribution in [-0.2, 0) is 0 Å². The number of carbonyl (C=O) groups is 1. The highest BCUT2D eigenvalue weighted by Gasteiger charge is 2.18. The lowest BCUT2D eigenvalue weighted by molar-refractivity contribution is 0.0748. The monoisotopic (exact) mass is 294 g/mol. The van der Waals surface area contributed by atoms with E-state index in [2.05, 4.69) is 6.92 Å². The first-order chi connectivity index (χ1) is 10.0. The lowest BCUT2D eigenvalue weighted by Gasteiger charge is -2.24. The number of nitrogens with zero attached hydrogens (tertiary/aromatic N) is 1. The van der Waals surface area contributed by atoms with Crippen molar-refractivity contribution in [3.63, 3.8) is 0 Å². The zero-order valence-corrected chi connectivity index (χ0v) is 13.4. The van der Waals surface area contributed by atoms with E-state index < -0.39 is 0 Å². The predicted octanol–water partition coefficient (Wildman–Crippen LogP) is 2.29. The summed E-state index contributed by atoms with van der Waals surface area (Å²) in [5.74, 6) is 1.16. The molecule has 2 N–H and O–H groups in total. The predicted molar refractivity (Wildman–Crippen MR) is 84.0 cm³/mol. The molecule has 1 aromatic rings. The summed E-state index contributed by atoms with van der Waals surface area (Å²) in [4.78, 5) is 14.0. The number of methoxy groups -OCH3 is 1. The summed E-state index contributed by atoms with van der Waals surface area (Å²) < 4.78 is 11.0. The fraction of sp³-hybridized carbons (Fsp3) is 0.562. The standard InChI is InChI=1S/C16H26N2O3/c1-5-6-9-21-14-8-7-13(10-15(14)20-4)16(19)18(3)12(2)11-17/h7-8,10,12H,5-6,9,11,17H2,1-4H3. The number of hydrogen-bond acceptors (Lipinski definition) is 4. The van der Waals surface area contributed by atoms with E-state index in [4.69, 9.17) is 15.2 Å². The second kappa shape index (κ2) is 8.52. The first-order valence-corrected chi connectivity index (χ1v) is 7.33. The summed E-state index contributed by atoms with van der Waals surface area (Å²) in [6.07, 6.45) is 2.06. The molecule has 0 heterocycles. The molecule has 0 aliphatic carbocycles. The Morgan fingerprint density at radius 1 is 1.38 bits per heavy atom. The Morgan fingerprint density at radius 3 is 2.67 bits per heavy atom. The van der Waals surface area contributed by atoms with Gasteiger partial charge in [-0.2, -0.15) is 0 Å². The topological polar surface area (TPSA) is 64.8 Å². The summed E-state index contributed by atoms with van der Waals surface area (Å²) in [6.45, 7) is 5.09. The van der Waals surface area contributed by atoms with Crippen LogP contribution in [0.15, 0.2) is 18.2 Å². The average Bonchev–Trinajstić information content (AvgIpc) is 2.53. The van der Waals surface area contributed by atoms with Crippen molar-refractivity contribution >= 4 is 5.91 Å². The molecule has 0 saturated carbocycles. The van der Waals surface area contributed by atoms with E-state index in [-0.39, 0.29) is 11.9 Å². The molecule has 5 nitrogen and oxygen atoms in total. The largest absolute Gasteiger partial charge is 0.493 e. The Kier molecular flexibility index (Phi) is 7.02. The van der Waals surface area contributed by atoms with Gasteiger partial charge in [-0.1, -0.05) is 13.3 Å². The molecule has 0 aromatic heterocycles. The van der Waals surface area contributed by atoms with Gasteiger partial charge in [0.15, 0.2) is 11.5 Å². The molecule has 1 rings (SSSR count). The molecule has 0 aliphatic rings. The SMILES string of the molecule is CCCCOc1ccc(C(=O)N(C)C(C)CN)cc1OC. The van der Waals surface area contributed by atoms with E-state index in [1.807, 2.05) is 6.92 Å². The summed E-state index contributed by atoms with van der Waals surface area (Å²) in [5, 5.41) is 0. The number of rotatable bonds is 8. The zero-order chi connectivity index (χ0) is 15.8. The van der Waals surface area contributed by atoms with Gasteiger partial charge in [-0.15, -0.1) is 0 Å². The molecule has 118 valence electrons. The van der Waals surface area contributed by atoms with Gasteiger partial charge in [-0.25, -0.2) is 0 Å². The molecule has 21 heavy (non-hydrogen) atoms. The van der Waals surface area contributed by atoms with Crippen molar-refractivity contribution in [1.29, 1.82) is 0 Å². The van der Waals surface area contributed by atoms with Crippen molar-refractivity contribution in [3.05, 3.63) is 23.8 Å². The minimum absolute atomic E-state index is 0.0102. The van der Waals surface area contributed by atoms with Crippen LogP contribution in [0.4, 0.5) is 0 Å². The van der Waals surface area contributed by atoms with E-state index in [1.54, 1.807) is 37.3 Å². The minimum Gasteiger partial charge on any atom is -0.493 e. The molecule has 0 saturated heterocycles. The fourth-order valence-electron chi connectivity index (χ4n) is 1.81. The Hall–Kier alpha value is -1.75. The van der Waals surface area contributed by atoms with E-state index in [0.717, 1.165) is 12.8 Å². The van der Waals surface area contributed by atoms with Gasteiger partial charge in [-0.05, 0) is 31.5 Å². The van der Waals surface area contributed by atoms with Crippen LogP contribution in [0.2, 0.25) is 0 Å². The van der Waals surface area contributed by atoms with Crippen molar-refractivity contribution in [2.45, 2.75) is 32.7 Å². The van der Waals surface area contributed by atoms with Crippen LogP contribution in [0.5, 0.6) is 11.5 Å². The van der Waals surface area contributed by atoms with Gasteiger partial charge in [-0.3, -0.25) is 4.79 Å². The number of likely N-dealkylation sites (N-methyl/N-ethyl adjacent to an activating group) is 1. The lowest BCUT2D eigenvalue weighted by Crippen LogP contribution is -2.39. The number of amides is 1. The van der Waals surface area contributed by atoms with Gasteiger partial charge in [0.1, 0.15) is 0 Å². The summed E-state index contributed by atoms with van der Waals surface area (Å²) >= 11 is 0. The van der Waals surface area contributed by atoms with Crippen LogP contribution in [0.1, 0.15) is 37.0 Å². The highest BCUT2D eigenvalue weighted by Crippen LogP contribution is 2.28. The Labute approximate surface area is 127 Å². The number of benzene rings is 1. The molecule has 1 aromatic carbocycles. The quantitative estimate of drug-likeness (QED) is 0.747. The number of carbonyl (C=O) groups excluding carboxylic acids is 1. The van der Waals surface area contributed by atoms with Crippen molar-refractivity contribution in [1.82, 2.24) is 4.90 Å². The Balaban J connectivity index is 2.88. The van der Waals surface area contributed by atoms with Gasteiger partial charge in [0.25, 0.3) is 5.91 Å². The van der Waals surface area contributed by atoms with Crippen LogP contribution in [0, 0.1) is 0 Å². The maximum absolute atomic E-state index is 12.4. The van der Waals surface area contributed by atoms with Crippen LogP contribution in [-0.4, -0.2) is 44.2 Å². The van der Waals surface area contributed by atoms with E-state index in [9.17, 15) is 4.79 Å². The van der Waals surface area contributed by atoms with Gasteiger partial charge < -0.3 is 20.1 Å². The van der Waals surface area contributed by atoms with Crippen molar-refractivity contribution in [2.24, 2.45) is 5.73 Å². The first kappa shape index (κ1) is 17.3. The summed E-state index contributed by atoms with van der Waals surface area (Å²) in [7, 11) is 3.32. The molecule has 0 spiro atoms. The normalized spacial score (nSPS) is 11.9. The van der Waals surface area contributed by atoms with Gasteiger partial charge in [0, 0.05) is 25.2 Å². The third-order valence-corrected chi connectivity index (χ3v) is 3.49. The number of hydrogen-bond donors (Lipinski definition) is 1. The third-order valence-electron chi connectivity index (χ3n) is 3.49. The lowest BCUT2D eigenvalue weighted by atomic mass is 10.1. The Bertz CT molecular complexity index is 463. The summed E-state index contributed by atoms with van der Waals surface area (Å²) in [6, 6.07) is 5.24. The van der Waals surface area contributed by atoms with E-state index in [0.29, 0.717) is 30.2 Å². The molecule has 5 heteroatoms. The maximum atomic E-state index is 12.4. The number of ether oxygens (including phenoxy) is 2. The minimum atomic E-state index is -0.0774. The van der Waals surface area contributed by atoms with Crippen LogP contribution < -0.4 is 15.2 Å².